The number of hydrogen-bond donors (Lipinski definition) is 1. The van der Waals surface area contributed by atoms with Gasteiger partial charge >= 0.3 is 0 Å². The molecule has 0 aliphatic rings. The molecule has 1 heterocycles. The average Bonchev–Trinajstić information content (AvgIpc) is 3.16. The number of amides is 1. The molecule has 0 spiro atoms. The maximum Gasteiger partial charge on any atom is 0.249 e. The van der Waals surface area contributed by atoms with Gasteiger partial charge in [-0.05, 0) is 23.8 Å². The van der Waals surface area contributed by atoms with Gasteiger partial charge in [-0.25, -0.2) is 10.5 Å². The summed E-state index contributed by atoms with van der Waals surface area (Å²) in [6.45, 7) is 0.320. The molecule has 1 aromatic heterocycles. The number of rotatable bonds is 8. The third-order valence-corrected chi connectivity index (χ3v) is 4.73. The molecule has 0 unspecified atom stereocenters. The second kappa shape index (κ2) is 9.16. The van der Waals surface area contributed by atoms with Crippen LogP contribution in [0.15, 0.2) is 53.9 Å². The van der Waals surface area contributed by atoms with Crippen LogP contribution in [0.3, 0.4) is 0 Å². The van der Waals surface area contributed by atoms with Crippen molar-refractivity contribution in [1.82, 2.24) is 10.5 Å². The highest BCUT2D eigenvalue weighted by atomic mass is 32.1. The topological polar surface area (TPSA) is 69.7 Å². The lowest BCUT2D eigenvalue weighted by Gasteiger charge is -2.08. The molecule has 3 rings (SSSR count). The molecule has 0 saturated heterocycles. The lowest BCUT2D eigenvalue weighted by atomic mass is 10.2. The van der Waals surface area contributed by atoms with Gasteiger partial charge in [-0.2, -0.15) is 0 Å². The van der Waals surface area contributed by atoms with Crippen molar-refractivity contribution in [3.8, 4) is 22.1 Å². The van der Waals surface area contributed by atoms with Crippen molar-refractivity contribution >= 4 is 17.2 Å². The van der Waals surface area contributed by atoms with Crippen LogP contribution >= 0.6 is 11.3 Å². The lowest BCUT2D eigenvalue weighted by molar-refractivity contribution is -0.133. The summed E-state index contributed by atoms with van der Waals surface area (Å²) in [5, 5.41) is 2.67. The summed E-state index contributed by atoms with van der Waals surface area (Å²) in [6.07, 6.45) is 0.151. The normalized spacial score (nSPS) is 10.4. The lowest BCUT2D eigenvalue weighted by Crippen LogP contribution is -2.25. The Hall–Kier alpha value is -2.90. The zero-order valence-electron chi connectivity index (χ0n) is 15.1. The van der Waals surface area contributed by atoms with E-state index in [0.29, 0.717) is 23.8 Å². The Bertz CT molecular complexity index is 896. The number of aromatic nitrogens is 1. The summed E-state index contributed by atoms with van der Waals surface area (Å²) < 4.78 is 10.6. The number of thiazole rings is 1. The summed E-state index contributed by atoms with van der Waals surface area (Å²) >= 11 is 1.47. The highest BCUT2D eigenvalue weighted by Crippen LogP contribution is 2.33. The van der Waals surface area contributed by atoms with Crippen LogP contribution in [0.1, 0.15) is 11.3 Å². The zero-order chi connectivity index (χ0) is 19.1. The molecule has 0 radical (unpaired) electrons. The summed E-state index contributed by atoms with van der Waals surface area (Å²) in [6, 6.07) is 15.2. The number of hydrogen-bond acceptors (Lipinski definition) is 6. The van der Waals surface area contributed by atoms with Crippen molar-refractivity contribution in [2.24, 2.45) is 0 Å². The Morgan fingerprint density at radius 2 is 1.85 bits per heavy atom. The number of benzene rings is 2. The third-order valence-electron chi connectivity index (χ3n) is 3.79. The highest BCUT2D eigenvalue weighted by Gasteiger charge is 2.12. The van der Waals surface area contributed by atoms with Gasteiger partial charge in [0, 0.05) is 10.9 Å². The second-order valence-corrected chi connectivity index (χ2v) is 6.55. The van der Waals surface area contributed by atoms with E-state index in [1.807, 2.05) is 53.9 Å². The van der Waals surface area contributed by atoms with Crippen molar-refractivity contribution < 1.29 is 19.1 Å². The molecule has 27 heavy (non-hydrogen) atoms. The number of methoxy groups -OCH3 is 2. The first-order valence-electron chi connectivity index (χ1n) is 8.31. The first kappa shape index (κ1) is 18.9. The van der Waals surface area contributed by atoms with Gasteiger partial charge in [-0.3, -0.25) is 9.63 Å². The second-order valence-electron chi connectivity index (χ2n) is 5.69. The molecule has 7 heteroatoms. The van der Waals surface area contributed by atoms with Gasteiger partial charge < -0.3 is 9.47 Å². The van der Waals surface area contributed by atoms with Crippen LogP contribution < -0.4 is 15.0 Å². The van der Waals surface area contributed by atoms with Crippen molar-refractivity contribution in [2.75, 3.05) is 14.2 Å². The van der Waals surface area contributed by atoms with Gasteiger partial charge in [0.15, 0.2) is 11.5 Å². The van der Waals surface area contributed by atoms with E-state index in [1.54, 1.807) is 14.2 Å². The Kier molecular flexibility index (Phi) is 6.40. The zero-order valence-corrected chi connectivity index (χ0v) is 15.9. The summed E-state index contributed by atoms with van der Waals surface area (Å²) in [7, 11) is 3.19. The molecule has 0 atom stereocenters. The molecule has 0 aliphatic heterocycles. The van der Waals surface area contributed by atoms with Crippen LogP contribution in [0.2, 0.25) is 0 Å². The predicted octanol–water partition coefficient (Wildman–Crippen LogP) is 3.62. The fraction of sp³-hybridized carbons (Fsp3) is 0.200. The van der Waals surface area contributed by atoms with Crippen molar-refractivity contribution in [3.05, 3.63) is 65.2 Å². The fourth-order valence-corrected chi connectivity index (χ4v) is 3.28. The van der Waals surface area contributed by atoms with Gasteiger partial charge in [0.25, 0.3) is 0 Å². The van der Waals surface area contributed by atoms with Crippen molar-refractivity contribution in [1.29, 1.82) is 0 Å². The minimum atomic E-state index is -0.241. The number of ether oxygens (including phenoxy) is 2. The number of carbonyl (C=O) groups is 1. The number of nitrogens with one attached hydrogen (secondary N) is 1. The molecular weight excluding hydrogens is 364 g/mol. The van der Waals surface area contributed by atoms with Crippen LogP contribution in [0, 0.1) is 0 Å². The number of nitrogens with zero attached hydrogens (tertiary/aromatic N) is 1. The van der Waals surface area contributed by atoms with E-state index >= 15 is 0 Å². The van der Waals surface area contributed by atoms with E-state index in [0.717, 1.165) is 16.1 Å². The van der Waals surface area contributed by atoms with E-state index < -0.39 is 0 Å². The van der Waals surface area contributed by atoms with Gasteiger partial charge in [-0.15, -0.1) is 11.3 Å². The van der Waals surface area contributed by atoms with Gasteiger partial charge in [0.1, 0.15) is 5.01 Å². The molecule has 0 aliphatic carbocycles. The quantitative estimate of drug-likeness (QED) is 0.601. The predicted molar refractivity (Wildman–Crippen MR) is 104 cm³/mol. The van der Waals surface area contributed by atoms with Gasteiger partial charge in [0.2, 0.25) is 5.91 Å². The standard InChI is InChI=1S/C20H20N2O4S/c1-24-17-9-8-15(10-18(17)25-2)20-21-16(13-27-20)11-19(23)22-26-12-14-6-4-3-5-7-14/h3-10,13H,11-12H2,1-2H3,(H,22,23). The summed E-state index contributed by atoms with van der Waals surface area (Å²) in [4.78, 5) is 21.8. The Morgan fingerprint density at radius 1 is 1.07 bits per heavy atom. The number of hydroxylamine groups is 1. The summed E-state index contributed by atoms with van der Waals surface area (Å²) in [5.74, 6) is 1.06. The summed E-state index contributed by atoms with van der Waals surface area (Å²) in [5.41, 5.74) is 5.03. The van der Waals surface area contributed by atoms with Crippen LogP contribution in [0.25, 0.3) is 10.6 Å². The number of carbonyl (C=O) groups excluding carboxylic acids is 1. The largest absolute Gasteiger partial charge is 0.493 e. The minimum absolute atomic E-state index is 0.151. The SMILES string of the molecule is COc1ccc(-c2nc(CC(=O)NOCc3ccccc3)cs2)cc1OC. The van der Waals surface area contributed by atoms with E-state index in [2.05, 4.69) is 10.5 Å². The molecule has 6 nitrogen and oxygen atoms in total. The van der Waals surface area contributed by atoms with E-state index in [4.69, 9.17) is 14.3 Å². The monoisotopic (exact) mass is 384 g/mol. The molecule has 3 aromatic rings. The van der Waals surface area contributed by atoms with E-state index in [-0.39, 0.29) is 12.3 Å². The smallest absolute Gasteiger partial charge is 0.249 e. The van der Waals surface area contributed by atoms with Crippen LogP contribution in [0.5, 0.6) is 11.5 Å². The molecular formula is C20H20N2O4S. The first-order valence-corrected chi connectivity index (χ1v) is 9.19. The van der Waals surface area contributed by atoms with Gasteiger partial charge in [0.05, 0.1) is 32.9 Å². The molecule has 1 amide bonds. The molecule has 0 bridgehead atoms. The van der Waals surface area contributed by atoms with Crippen LogP contribution in [-0.2, 0) is 22.7 Å². The maximum absolute atomic E-state index is 12.0. The Balaban J connectivity index is 1.56. The minimum Gasteiger partial charge on any atom is -0.493 e. The Morgan fingerprint density at radius 3 is 2.59 bits per heavy atom. The van der Waals surface area contributed by atoms with Gasteiger partial charge in [-0.1, -0.05) is 30.3 Å². The fourth-order valence-electron chi connectivity index (χ4n) is 2.46. The molecule has 140 valence electrons. The van der Waals surface area contributed by atoms with E-state index in [1.165, 1.54) is 11.3 Å². The first-order chi connectivity index (χ1) is 13.2. The maximum atomic E-state index is 12.0. The molecule has 0 fully saturated rings. The van der Waals surface area contributed by atoms with Crippen LogP contribution in [0.4, 0.5) is 0 Å². The molecule has 1 N–H and O–H groups in total. The van der Waals surface area contributed by atoms with Crippen LogP contribution in [-0.4, -0.2) is 25.1 Å². The average molecular weight is 384 g/mol. The van der Waals surface area contributed by atoms with E-state index in [9.17, 15) is 4.79 Å². The van der Waals surface area contributed by atoms with Crippen molar-refractivity contribution in [2.45, 2.75) is 13.0 Å². The molecule has 2 aromatic carbocycles. The molecule has 0 saturated carbocycles. The Labute approximate surface area is 161 Å². The highest BCUT2D eigenvalue weighted by molar-refractivity contribution is 7.13. The van der Waals surface area contributed by atoms with Crippen molar-refractivity contribution in [3.63, 3.8) is 0 Å². The third kappa shape index (κ3) is 5.06.